The van der Waals surface area contributed by atoms with Gasteiger partial charge in [-0.05, 0) is 76.3 Å². The number of fused-ring (bicyclic) bond motifs is 3. The molecular weight excluding hydrogens is 561 g/mol. The lowest BCUT2D eigenvalue weighted by molar-refractivity contribution is -0.141. The number of aromatic nitrogens is 2. The number of nitrogens with two attached hydrogens (primary N) is 1. The molecule has 1 saturated heterocycles. The Labute approximate surface area is 244 Å². The van der Waals surface area contributed by atoms with Gasteiger partial charge >= 0.3 is 7.60 Å². The number of hydrogen-bond donors (Lipinski definition) is 2. The Hall–Kier alpha value is -3.73. The number of likely N-dealkylation sites (tertiary alicyclic amines) is 1. The monoisotopic (exact) mass is 597 g/mol. The summed E-state index contributed by atoms with van der Waals surface area (Å²) in [5.74, 6) is -0.262. The van der Waals surface area contributed by atoms with Crippen LogP contribution in [-0.2, 0) is 29.7 Å². The summed E-state index contributed by atoms with van der Waals surface area (Å²) in [5.41, 5.74) is 7.27. The number of amides is 3. The van der Waals surface area contributed by atoms with E-state index in [1.807, 2.05) is 19.1 Å². The zero-order valence-electron chi connectivity index (χ0n) is 23.9. The third-order valence-corrected chi connectivity index (χ3v) is 9.49. The van der Waals surface area contributed by atoms with E-state index in [4.69, 9.17) is 19.5 Å². The van der Waals surface area contributed by atoms with E-state index < -0.39 is 19.5 Å². The molecule has 1 aliphatic carbocycles. The first kappa shape index (κ1) is 29.8. The first-order valence-electron chi connectivity index (χ1n) is 14.1. The molecule has 0 unspecified atom stereocenters. The largest absolute Gasteiger partial charge is 0.481 e. The Balaban J connectivity index is 1.36. The summed E-state index contributed by atoms with van der Waals surface area (Å²) in [7, 11) is -3.45. The number of rotatable bonds is 12. The van der Waals surface area contributed by atoms with Gasteiger partial charge in [-0.2, -0.15) is 0 Å². The minimum absolute atomic E-state index is 0.0208. The maximum absolute atomic E-state index is 13.8. The molecule has 5 rings (SSSR count). The van der Waals surface area contributed by atoms with Crippen LogP contribution < -0.4 is 15.8 Å². The van der Waals surface area contributed by atoms with Crippen molar-refractivity contribution in [3.05, 3.63) is 53.9 Å². The minimum atomic E-state index is -3.45. The van der Waals surface area contributed by atoms with Gasteiger partial charge in [0.05, 0.1) is 18.8 Å². The summed E-state index contributed by atoms with van der Waals surface area (Å²) >= 11 is 0. The van der Waals surface area contributed by atoms with Crippen LogP contribution in [0.5, 0.6) is 5.75 Å². The molecular formula is C29H36N5O7P. The molecule has 2 aliphatic rings. The molecule has 1 saturated carbocycles. The fraction of sp³-hybridized carbons (Fsp3) is 0.448. The van der Waals surface area contributed by atoms with Gasteiger partial charge in [0.2, 0.25) is 11.8 Å². The van der Waals surface area contributed by atoms with Gasteiger partial charge in [0.1, 0.15) is 24.2 Å². The second kappa shape index (κ2) is 12.2. The summed E-state index contributed by atoms with van der Waals surface area (Å²) in [6, 6.07) is 9.75. The number of piperidine rings is 1. The number of anilines is 1. The highest BCUT2D eigenvalue weighted by atomic mass is 31.2. The third-order valence-electron chi connectivity index (χ3n) is 7.75. The van der Waals surface area contributed by atoms with E-state index in [0.717, 1.165) is 25.0 Å². The standard InChI is InChI=1S/C29H36N5O7P/c1-4-40-42(38,41-5-2)17-39-21-11-12-24-22(14-21)23(28(30)36)15-33(24)16-26(35)34-20-10-9-19(13-20)27(34)29(37)32-25-8-6-7-18(3)31-25/h6-8,11-12,14-15,19-20,27H,4-5,9-10,13,16-17H2,1-3H3,(H2,30,36)(H,31,32,37)/t19-,20+,27-/m0/s1. The first-order chi connectivity index (χ1) is 20.1. The van der Waals surface area contributed by atoms with Gasteiger partial charge in [-0.1, -0.05) is 6.07 Å². The molecule has 3 heterocycles. The SMILES string of the molecule is CCOP(=O)(COc1ccc2c(c1)c(C(N)=O)cn2CC(=O)N1[C@@H]2CC[C@@H](C2)[C@H]1C(=O)Nc1cccc(C)n1)OCC. The van der Waals surface area contributed by atoms with Crippen LogP contribution in [0, 0.1) is 12.8 Å². The summed E-state index contributed by atoms with van der Waals surface area (Å²) in [5, 5.41) is 3.37. The molecule has 2 bridgehead atoms. The third kappa shape index (κ3) is 6.06. The maximum atomic E-state index is 13.8. The Bertz CT molecular complexity index is 1550. The van der Waals surface area contributed by atoms with Crippen LogP contribution in [0.1, 0.15) is 49.2 Å². The quantitative estimate of drug-likeness (QED) is 0.296. The molecule has 1 aliphatic heterocycles. The predicted octanol–water partition coefficient (Wildman–Crippen LogP) is 4.06. The second-order valence-corrected chi connectivity index (χ2v) is 12.6. The van der Waals surface area contributed by atoms with Gasteiger partial charge < -0.3 is 34.3 Å². The maximum Gasteiger partial charge on any atom is 0.367 e. The van der Waals surface area contributed by atoms with E-state index >= 15 is 0 Å². The molecule has 12 nitrogen and oxygen atoms in total. The predicted molar refractivity (Wildman–Crippen MR) is 156 cm³/mol. The van der Waals surface area contributed by atoms with Crippen molar-refractivity contribution in [1.82, 2.24) is 14.5 Å². The van der Waals surface area contributed by atoms with Crippen molar-refractivity contribution < 1.29 is 32.7 Å². The summed E-state index contributed by atoms with van der Waals surface area (Å²) in [6.07, 6.45) is 3.74. The lowest BCUT2D eigenvalue weighted by Gasteiger charge is -2.34. The lowest BCUT2D eigenvalue weighted by Crippen LogP contribution is -2.51. The van der Waals surface area contributed by atoms with Gasteiger partial charge in [0.25, 0.3) is 5.91 Å². The normalized spacial score (nSPS) is 19.8. The van der Waals surface area contributed by atoms with Crippen molar-refractivity contribution in [3.8, 4) is 5.75 Å². The average molecular weight is 598 g/mol. The van der Waals surface area contributed by atoms with E-state index in [9.17, 15) is 18.9 Å². The van der Waals surface area contributed by atoms with Gasteiger partial charge in [0.15, 0.2) is 6.35 Å². The van der Waals surface area contributed by atoms with E-state index in [2.05, 4.69) is 10.3 Å². The van der Waals surface area contributed by atoms with Crippen molar-refractivity contribution in [2.45, 2.75) is 58.7 Å². The number of carbonyl (C=O) groups is 3. The number of aryl methyl sites for hydroxylation is 1. The summed E-state index contributed by atoms with van der Waals surface area (Å²) < 4.78 is 30.7. The number of pyridine rings is 1. The smallest absolute Gasteiger partial charge is 0.367 e. The van der Waals surface area contributed by atoms with Crippen molar-refractivity contribution >= 4 is 42.0 Å². The highest BCUT2D eigenvalue weighted by Crippen LogP contribution is 2.48. The van der Waals surface area contributed by atoms with Crippen LogP contribution in [0.25, 0.3) is 10.9 Å². The van der Waals surface area contributed by atoms with Crippen LogP contribution in [0.2, 0.25) is 0 Å². The number of primary amides is 1. The highest BCUT2D eigenvalue weighted by Gasteiger charge is 2.51. The molecule has 13 heteroatoms. The lowest BCUT2D eigenvalue weighted by atomic mass is 9.97. The van der Waals surface area contributed by atoms with Crippen LogP contribution in [0.3, 0.4) is 0 Å². The summed E-state index contributed by atoms with van der Waals surface area (Å²) in [4.78, 5) is 45.5. The molecule has 2 aromatic heterocycles. The van der Waals surface area contributed by atoms with Crippen LogP contribution in [-0.4, -0.2) is 63.8 Å². The fourth-order valence-electron chi connectivity index (χ4n) is 6.08. The van der Waals surface area contributed by atoms with Gasteiger partial charge in [-0.25, -0.2) is 4.98 Å². The fourth-order valence-corrected chi connectivity index (χ4v) is 7.39. The van der Waals surface area contributed by atoms with E-state index in [-0.39, 0.29) is 55.4 Å². The second-order valence-electron chi connectivity index (χ2n) is 10.6. The zero-order chi connectivity index (χ0) is 30.0. The molecule has 0 spiro atoms. The summed E-state index contributed by atoms with van der Waals surface area (Å²) in [6.45, 7) is 5.59. The number of benzene rings is 1. The van der Waals surface area contributed by atoms with Crippen molar-refractivity contribution in [1.29, 1.82) is 0 Å². The zero-order valence-corrected chi connectivity index (χ0v) is 24.8. The Morgan fingerprint density at radius 1 is 1.12 bits per heavy atom. The molecule has 3 aromatic rings. The number of carbonyl (C=O) groups excluding carboxylic acids is 3. The molecule has 3 N–H and O–H groups in total. The Morgan fingerprint density at radius 2 is 1.88 bits per heavy atom. The Morgan fingerprint density at radius 3 is 2.57 bits per heavy atom. The number of nitrogens with one attached hydrogen (secondary N) is 1. The molecule has 3 atom stereocenters. The molecule has 224 valence electrons. The van der Waals surface area contributed by atoms with Crippen molar-refractivity contribution in [2.75, 3.05) is 24.9 Å². The van der Waals surface area contributed by atoms with Crippen molar-refractivity contribution in [2.24, 2.45) is 11.7 Å². The highest BCUT2D eigenvalue weighted by molar-refractivity contribution is 7.53. The minimum Gasteiger partial charge on any atom is -0.481 e. The van der Waals surface area contributed by atoms with E-state index in [0.29, 0.717) is 22.5 Å². The van der Waals surface area contributed by atoms with Crippen LogP contribution >= 0.6 is 7.60 Å². The van der Waals surface area contributed by atoms with Gasteiger partial charge in [-0.3, -0.25) is 18.9 Å². The van der Waals surface area contributed by atoms with Crippen LogP contribution in [0.4, 0.5) is 5.82 Å². The number of nitrogens with zero attached hydrogens (tertiary/aromatic N) is 3. The van der Waals surface area contributed by atoms with Crippen molar-refractivity contribution in [3.63, 3.8) is 0 Å². The average Bonchev–Trinajstić information content (AvgIpc) is 3.66. The number of hydrogen-bond acceptors (Lipinski definition) is 8. The molecule has 0 radical (unpaired) electrons. The van der Waals surface area contributed by atoms with E-state index in [1.165, 1.54) is 0 Å². The molecule has 2 fully saturated rings. The molecule has 1 aromatic carbocycles. The Kier molecular flexibility index (Phi) is 8.68. The number of ether oxygens (including phenoxy) is 1. The van der Waals surface area contributed by atoms with Crippen LogP contribution in [0.15, 0.2) is 42.6 Å². The molecule has 42 heavy (non-hydrogen) atoms. The van der Waals surface area contributed by atoms with Gasteiger partial charge in [-0.15, -0.1) is 0 Å². The van der Waals surface area contributed by atoms with Gasteiger partial charge in [0, 0.05) is 28.8 Å². The molecule has 3 amide bonds. The first-order valence-corrected chi connectivity index (χ1v) is 15.8. The topological polar surface area (TPSA) is 155 Å². The van der Waals surface area contributed by atoms with E-state index in [1.54, 1.807) is 53.8 Å².